The molecule has 0 aliphatic carbocycles. The van der Waals surface area contributed by atoms with Crippen LogP contribution in [0.15, 0.2) is 48.5 Å². The molecule has 0 N–H and O–H groups in total. The number of esters is 1. The molecule has 0 saturated carbocycles. The minimum absolute atomic E-state index is 0.144. The van der Waals surface area contributed by atoms with Gasteiger partial charge in [0.2, 0.25) is 0 Å². The summed E-state index contributed by atoms with van der Waals surface area (Å²) in [6.45, 7) is 6.26. The van der Waals surface area contributed by atoms with Gasteiger partial charge in [-0.05, 0) is 54.8 Å². The van der Waals surface area contributed by atoms with Crippen molar-refractivity contribution >= 4 is 5.97 Å². The molecule has 3 rings (SSSR count). The van der Waals surface area contributed by atoms with Gasteiger partial charge >= 0.3 is 5.97 Å². The van der Waals surface area contributed by atoms with Crippen molar-refractivity contribution in [1.29, 1.82) is 0 Å². The quantitative estimate of drug-likeness (QED) is 0.385. The third-order valence-electron chi connectivity index (χ3n) is 5.84. The number of ether oxygens (including phenoxy) is 2. The zero-order chi connectivity index (χ0) is 22.8. The van der Waals surface area contributed by atoms with Crippen LogP contribution in [0.4, 0.5) is 8.78 Å². The summed E-state index contributed by atoms with van der Waals surface area (Å²) < 4.78 is 37.6. The number of carbonyl (C=O) groups is 1. The lowest BCUT2D eigenvalue weighted by atomic mass is 10.0. The van der Waals surface area contributed by atoms with E-state index in [1.807, 2.05) is 0 Å². The molecule has 2 aromatic carbocycles. The van der Waals surface area contributed by atoms with E-state index in [2.05, 4.69) is 14.5 Å². The van der Waals surface area contributed by atoms with E-state index in [-0.39, 0.29) is 23.7 Å². The molecule has 2 aromatic rings. The van der Waals surface area contributed by atoms with Crippen LogP contribution < -0.4 is 0 Å². The van der Waals surface area contributed by atoms with Crippen molar-refractivity contribution in [3.05, 3.63) is 71.3 Å². The number of methoxy groups -OCH3 is 1. The summed E-state index contributed by atoms with van der Waals surface area (Å²) in [5.74, 6) is -0.737. The molecule has 0 atom stereocenters. The maximum atomic E-state index is 13.4. The Balaban J connectivity index is 1.43. The van der Waals surface area contributed by atoms with Gasteiger partial charge in [-0.2, -0.15) is 0 Å². The van der Waals surface area contributed by atoms with Crippen molar-refractivity contribution in [1.82, 2.24) is 9.80 Å². The minimum Gasteiger partial charge on any atom is -0.469 e. The minimum atomic E-state index is -0.368. The molecule has 0 bridgehead atoms. The first-order valence-electron chi connectivity index (χ1n) is 11.2. The first-order chi connectivity index (χ1) is 15.5. The van der Waals surface area contributed by atoms with E-state index in [1.165, 1.54) is 31.4 Å². The Morgan fingerprint density at radius 2 is 1.34 bits per heavy atom. The maximum Gasteiger partial charge on any atom is 0.305 e. The molecule has 0 radical (unpaired) electrons. The van der Waals surface area contributed by atoms with E-state index < -0.39 is 0 Å². The molecule has 1 saturated heterocycles. The van der Waals surface area contributed by atoms with Gasteiger partial charge in [0.05, 0.1) is 13.7 Å². The monoisotopic (exact) mass is 446 g/mol. The topological polar surface area (TPSA) is 42.0 Å². The second-order valence-corrected chi connectivity index (χ2v) is 8.07. The van der Waals surface area contributed by atoms with E-state index >= 15 is 0 Å². The fourth-order valence-corrected chi connectivity index (χ4v) is 3.90. The van der Waals surface area contributed by atoms with Crippen molar-refractivity contribution in [3.63, 3.8) is 0 Å². The summed E-state index contributed by atoms with van der Waals surface area (Å²) in [7, 11) is 1.42. The normalized spacial score (nSPS) is 15.2. The van der Waals surface area contributed by atoms with Crippen LogP contribution in [0.25, 0.3) is 0 Å². The van der Waals surface area contributed by atoms with Gasteiger partial charge in [0.15, 0.2) is 0 Å². The van der Waals surface area contributed by atoms with Crippen LogP contribution in [0.3, 0.4) is 0 Å². The van der Waals surface area contributed by atoms with Crippen molar-refractivity contribution in [2.75, 3.05) is 53.0 Å². The van der Waals surface area contributed by atoms with Gasteiger partial charge in [0, 0.05) is 39.1 Å². The average Bonchev–Trinajstić information content (AvgIpc) is 2.82. The Bertz CT molecular complexity index is 777. The van der Waals surface area contributed by atoms with Crippen LogP contribution in [-0.2, 0) is 14.3 Å². The highest BCUT2D eigenvalue weighted by Gasteiger charge is 2.19. The summed E-state index contributed by atoms with van der Waals surface area (Å²) in [6, 6.07) is 12.5. The van der Waals surface area contributed by atoms with Gasteiger partial charge in [-0.3, -0.25) is 9.69 Å². The highest BCUT2D eigenvalue weighted by atomic mass is 19.1. The number of unbranched alkanes of at least 4 members (excludes halogenated alkanes) is 1. The van der Waals surface area contributed by atoms with Crippen LogP contribution in [0.1, 0.15) is 36.5 Å². The van der Waals surface area contributed by atoms with Crippen molar-refractivity contribution < 1.29 is 23.0 Å². The molecule has 1 aliphatic heterocycles. The standard InChI is InChI=1S/C25H32F2N2O3/c1-31-24(30)4-2-3-13-28-14-16-29(17-15-28)18-19-32-25(20-5-9-22(26)10-6-20)21-7-11-23(27)12-8-21/h5-12,25H,2-4,13-19H2,1H3. The molecule has 0 amide bonds. The first kappa shape index (κ1) is 24.3. The number of rotatable bonds is 11. The zero-order valence-electron chi connectivity index (χ0n) is 18.6. The molecule has 1 heterocycles. The van der Waals surface area contributed by atoms with Gasteiger partial charge < -0.3 is 14.4 Å². The van der Waals surface area contributed by atoms with Gasteiger partial charge in [-0.1, -0.05) is 24.3 Å². The molecular weight excluding hydrogens is 414 g/mol. The molecule has 32 heavy (non-hydrogen) atoms. The number of hydrogen-bond donors (Lipinski definition) is 0. The summed E-state index contributed by atoms with van der Waals surface area (Å²) in [5, 5.41) is 0. The van der Waals surface area contributed by atoms with Gasteiger partial charge in [0.1, 0.15) is 17.7 Å². The molecule has 0 spiro atoms. The Hall–Kier alpha value is -2.35. The lowest BCUT2D eigenvalue weighted by Crippen LogP contribution is -2.47. The van der Waals surface area contributed by atoms with Crippen molar-refractivity contribution in [2.24, 2.45) is 0 Å². The van der Waals surface area contributed by atoms with E-state index in [9.17, 15) is 13.6 Å². The van der Waals surface area contributed by atoms with Crippen molar-refractivity contribution in [3.8, 4) is 0 Å². The van der Waals surface area contributed by atoms with E-state index in [0.29, 0.717) is 13.0 Å². The SMILES string of the molecule is COC(=O)CCCCN1CCN(CCOC(c2ccc(F)cc2)c2ccc(F)cc2)CC1. The summed E-state index contributed by atoms with van der Waals surface area (Å²) in [5.41, 5.74) is 1.68. The number of hydrogen-bond acceptors (Lipinski definition) is 5. The third-order valence-corrected chi connectivity index (χ3v) is 5.84. The largest absolute Gasteiger partial charge is 0.469 e. The van der Waals surface area contributed by atoms with Gasteiger partial charge in [0.25, 0.3) is 0 Å². The molecule has 0 aromatic heterocycles. The Morgan fingerprint density at radius 1 is 0.844 bits per heavy atom. The van der Waals surface area contributed by atoms with Crippen LogP contribution in [-0.4, -0.2) is 68.8 Å². The van der Waals surface area contributed by atoms with Crippen LogP contribution in [0.2, 0.25) is 0 Å². The Morgan fingerprint density at radius 3 is 1.84 bits per heavy atom. The fourth-order valence-electron chi connectivity index (χ4n) is 3.90. The summed E-state index contributed by atoms with van der Waals surface area (Å²) >= 11 is 0. The van der Waals surface area contributed by atoms with Crippen molar-refractivity contribution in [2.45, 2.75) is 25.4 Å². The Labute approximate surface area is 188 Å². The molecule has 1 aliphatic rings. The van der Waals surface area contributed by atoms with Gasteiger partial charge in [-0.25, -0.2) is 8.78 Å². The molecule has 7 heteroatoms. The highest BCUT2D eigenvalue weighted by Crippen LogP contribution is 2.26. The van der Waals surface area contributed by atoms with Crippen LogP contribution >= 0.6 is 0 Å². The lowest BCUT2D eigenvalue weighted by Gasteiger charge is -2.35. The van der Waals surface area contributed by atoms with Gasteiger partial charge in [-0.15, -0.1) is 0 Å². The second-order valence-electron chi connectivity index (χ2n) is 8.07. The third kappa shape index (κ3) is 7.65. The predicted molar refractivity (Wildman–Crippen MR) is 119 cm³/mol. The number of halogens is 2. The number of benzene rings is 2. The van der Waals surface area contributed by atoms with E-state index in [4.69, 9.17) is 4.74 Å². The maximum absolute atomic E-state index is 13.4. The fraction of sp³-hybridized carbons (Fsp3) is 0.480. The smallest absolute Gasteiger partial charge is 0.305 e. The Kier molecular flexibility index (Phi) is 9.59. The molecule has 1 fully saturated rings. The highest BCUT2D eigenvalue weighted by molar-refractivity contribution is 5.68. The summed E-state index contributed by atoms with van der Waals surface area (Å²) in [6.07, 6.45) is 1.97. The number of nitrogens with zero attached hydrogens (tertiary/aromatic N) is 2. The lowest BCUT2D eigenvalue weighted by molar-refractivity contribution is -0.140. The zero-order valence-corrected chi connectivity index (χ0v) is 18.6. The predicted octanol–water partition coefficient (Wildman–Crippen LogP) is 4.03. The summed E-state index contributed by atoms with van der Waals surface area (Å²) in [4.78, 5) is 16.0. The number of carbonyl (C=O) groups excluding carboxylic acids is 1. The van der Waals surface area contributed by atoms with E-state index in [0.717, 1.165) is 63.2 Å². The average molecular weight is 447 g/mol. The number of piperazine rings is 1. The van der Waals surface area contributed by atoms with E-state index in [1.54, 1.807) is 24.3 Å². The molecule has 0 unspecified atom stereocenters. The molecule has 5 nitrogen and oxygen atoms in total. The molecule has 174 valence electrons. The molecular formula is C25H32F2N2O3. The van der Waals surface area contributed by atoms with Crippen LogP contribution in [0, 0.1) is 11.6 Å². The van der Waals surface area contributed by atoms with Crippen LogP contribution in [0.5, 0.6) is 0 Å². The second kappa shape index (κ2) is 12.6. The first-order valence-corrected chi connectivity index (χ1v) is 11.2.